The molecule has 96 valence electrons. The predicted octanol–water partition coefficient (Wildman–Crippen LogP) is 3.32. The smallest absolute Gasteiger partial charge is 0.124 e. The molecule has 1 aromatic carbocycles. The minimum atomic E-state index is -0.318. The lowest BCUT2D eigenvalue weighted by Crippen LogP contribution is -2.40. The Morgan fingerprint density at radius 2 is 2.11 bits per heavy atom. The molecule has 0 aromatic heterocycles. The molecule has 1 fully saturated rings. The zero-order valence-electron chi connectivity index (χ0n) is 11.0. The van der Waals surface area contributed by atoms with Crippen LogP contribution in [0.3, 0.4) is 0 Å². The molecule has 0 N–H and O–H groups in total. The minimum Gasteiger partial charge on any atom is -0.296 e. The van der Waals surface area contributed by atoms with Gasteiger partial charge < -0.3 is 0 Å². The van der Waals surface area contributed by atoms with Crippen LogP contribution in [0.2, 0.25) is 0 Å². The van der Waals surface area contributed by atoms with Gasteiger partial charge in [-0.2, -0.15) is 5.26 Å². The Kier molecular flexibility index (Phi) is 3.98. The third kappa shape index (κ3) is 3.08. The topological polar surface area (TPSA) is 27.0 Å². The van der Waals surface area contributed by atoms with Gasteiger partial charge in [0.1, 0.15) is 5.82 Å². The quantitative estimate of drug-likeness (QED) is 0.800. The molecule has 0 radical (unpaired) electrons. The Morgan fingerprint density at radius 1 is 1.33 bits per heavy atom. The average Bonchev–Trinajstić information content (AvgIpc) is 2.33. The number of nitrogens with zero attached hydrogens (tertiary/aromatic N) is 2. The van der Waals surface area contributed by atoms with Gasteiger partial charge >= 0.3 is 0 Å². The fourth-order valence-electron chi connectivity index (χ4n) is 2.64. The first-order valence-electron chi connectivity index (χ1n) is 6.52. The number of rotatable bonds is 2. The Morgan fingerprint density at radius 3 is 2.83 bits per heavy atom. The molecular weight excluding hydrogens is 227 g/mol. The highest BCUT2D eigenvalue weighted by atomic mass is 19.1. The first-order valence-corrected chi connectivity index (χ1v) is 6.52. The van der Waals surface area contributed by atoms with E-state index in [0.717, 1.165) is 18.7 Å². The molecule has 2 nitrogen and oxygen atoms in total. The number of hydrogen-bond donors (Lipinski definition) is 0. The number of benzene rings is 1. The van der Waals surface area contributed by atoms with E-state index in [4.69, 9.17) is 5.26 Å². The molecule has 0 aliphatic carbocycles. The summed E-state index contributed by atoms with van der Waals surface area (Å²) in [6, 6.07) is 7.15. The van der Waals surface area contributed by atoms with Crippen LogP contribution in [0.25, 0.3) is 0 Å². The van der Waals surface area contributed by atoms with E-state index in [2.05, 4.69) is 18.7 Å². The first kappa shape index (κ1) is 13.0. The molecule has 1 heterocycles. The maximum absolute atomic E-state index is 13.4. The molecule has 3 heteroatoms. The monoisotopic (exact) mass is 246 g/mol. The lowest BCUT2D eigenvalue weighted by atomic mass is 9.94. The van der Waals surface area contributed by atoms with Crippen molar-refractivity contribution in [3.8, 4) is 6.07 Å². The van der Waals surface area contributed by atoms with Crippen molar-refractivity contribution in [1.29, 1.82) is 5.26 Å². The predicted molar refractivity (Wildman–Crippen MR) is 69.4 cm³/mol. The highest BCUT2D eigenvalue weighted by molar-refractivity contribution is 5.33. The van der Waals surface area contributed by atoms with Crippen LogP contribution < -0.4 is 0 Å². The van der Waals surface area contributed by atoms with Crippen molar-refractivity contribution in [2.24, 2.45) is 5.92 Å². The van der Waals surface area contributed by atoms with Gasteiger partial charge in [-0.3, -0.25) is 4.90 Å². The van der Waals surface area contributed by atoms with E-state index in [9.17, 15) is 4.39 Å². The molecule has 2 unspecified atom stereocenters. The fraction of sp³-hybridized carbons (Fsp3) is 0.533. The molecule has 1 aliphatic heterocycles. The van der Waals surface area contributed by atoms with E-state index in [1.54, 1.807) is 6.07 Å². The number of hydrogen-bond acceptors (Lipinski definition) is 2. The summed E-state index contributed by atoms with van der Waals surface area (Å²) in [7, 11) is 0. The van der Waals surface area contributed by atoms with E-state index < -0.39 is 0 Å². The molecule has 0 saturated carbocycles. The third-order valence-corrected chi connectivity index (χ3v) is 3.72. The van der Waals surface area contributed by atoms with Crippen LogP contribution in [-0.2, 0) is 6.54 Å². The van der Waals surface area contributed by atoms with Crippen LogP contribution in [0.1, 0.15) is 37.8 Å². The van der Waals surface area contributed by atoms with Gasteiger partial charge in [0.25, 0.3) is 0 Å². The highest BCUT2D eigenvalue weighted by Gasteiger charge is 2.22. The van der Waals surface area contributed by atoms with Crippen LogP contribution >= 0.6 is 0 Å². The lowest BCUT2D eigenvalue weighted by Gasteiger charge is -2.36. The van der Waals surface area contributed by atoms with Gasteiger partial charge in [-0.25, -0.2) is 4.39 Å². The van der Waals surface area contributed by atoms with Gasteiger partial charge in [0, 0.05) is 19.1 Å². The van der Waals surface area contributed by atoms with Gasteiger partial charge in [0.15, 0.2) is 0 Å². The summed E-state index contributed by atoms with van der Waals surface area (Å²) < 4.78 is 13.4. The summed E-state index contributed by atoms with van der Waals surface area (Å²) in [5, 5.41) is 8.86. The molecule has 0 spiro atoms. The summed E-state index contributed by atoms with van der Waals surface area (Å²) in [4.78, 5) is 2.38. The number of likely N-dealkylation sites (tertiary alicyclic amines) is 1. The van der Waals surface area contributed by atoms with Crippen molar-refractivity contribution in [1.82, 2.24) is 4.90 Å². The normalized spacial score (nSPS) is 24.8. The Hall–Kier alpha value is -1.40. The van der Waals surface area contributed by atoms with Gasteiger partial charge in [-0.1, -0.05) is 6.92 Å². The van der Waals surface area contributed by atoms with Crippen LogP contribution in [0.4, 0.5) is 4.39 Å². The second kappa shape index (κ2) is 5.49. The van der Waals surface area contributed by atoms with E-state index in [1.807, 2.05) is 6.07 Å². The standard InChI is InChI=1S/C15H19FN2/c1-11-3-4-12(2)18(9-11)10-14-5-13(8-17)6-15(16)7-14/h5-7,11-12H,3-4,9-10H2,1-2H3. The number of nitriles is 1. The van der Waals surface area contributed by atoms with E-state index in [0.29, 0.717) is 17.5 Å². The molecule has 2 atom stereocenters. The lowest BCUT2D eigenvalue weighted by molar-refractivity contribution is 0.117. The largest absolute Gasteiger partial charge is 0.296 e. The van der Waals surface area contributed by atoms with Crippen molar-refractivity contribution < 1.29 is 4.39 Å². The molecule has 1 aliphatic rings. The SMILES string of the molecule is CC1CCC(C)N(Cc2cc(F)cc(C#N)c2)C1. The molecule has 0 amide bonds. The molecule has 1 aromatic rings. The van der Waals surface area contributed by atoms with Crippen molar-refractivity contribution in [3.05, 3.63) is 35.1 Å². The van der Waals surface area contributed by atoms with E-state index in [-0.39, 0.29) is 5.82 Å². The molecule has 2 rings (SSSR count). The molecule has 0 bridgehead atoms. The summed E-state index contributed by atoms with van der Waals surface area (Å²) >= 11 is 0. The Balaban J connectivity index is 2.13. The molecule has 1 saturated heterocycles. The summed E-state index contributed by atoms with van der Waals surface area (Å²) in [5.41, 5.74) is 1.30. The van der Waals surface area contributed by atoms with Gasteiger partial charge in [-0.05, 0) is 49.4 Å². The molecule has 18 heavy (non-hydrogen) atoms. The van der Waals surface area contributed by atoms with Crippen LogP contribution in [0.5, 0.6) is 0 Å². The maximum Gasteiger partial charge on any atom is 0.124 e. The van der Waals surface area contributed by atoms with Crippen LogP contribution in [0.15, 0.2) is 18.2 Å². The minimum absolute atomic E-state index is 0.318. The fourth-order valence-corrected chi connectivity index (χ4v) is 2.64. The number of halogens is 1. The Bertz CT molecular complexity index is 464. The van der Waals surface area contributed by atoms with Gasteiger partial charge in [-0.15, -0.1) is 0 Å². The third-order valence-electron chi connectivity index (χ3n) is 3.72. The van der Waals surface area contributed by atoms with Crippen molar-refractivity contribution >= 4 is 0 Å². The maximum atomic E-state index is 13.4. The summed E-state index contributed by atoms with van der Waals surface area (Å²) in [6.45, 7) is 6.26. The highest BCUT2D eigenvalue weighted by Crippen LogP contribution is 2.23. The van der Waals surface area contributed by atoms with Crippen LogP contribution in [-0.4, -0.2) is 17.5 Å². The van der Waals surface area contributed by atoms with Gasteiger partial charge in [0.2, 0.25) is 0 Å². The van der Waals surface area contributed by atoms with E-state index >= 15 is 0 Å². The van der Waals surface area contributed by atoms with Crippen LogP contribution in [0, 0.1) is 23.1 Å². The number of piperidine rings is 1. The van der Waals surface area contributed by atoms with E-state index in [1.165, 1.54) is 25.0 Å². The first-order chi connectivity index (χ1) is 8.58. The Labute approximate surface area is 108 Å². The van der Waals surface area contributed by atoms with Crippen molar-refractivity contribution in [2.75, 3.05) is 6.54 Å². The summed E-state index contributed by atoms with van der Waals surface area (Å²) in [5.74, 6) is 0.381. The zero-order chi connectivity index (χ0) is 13.1. The average molecular weight is 246 g/mol. The second-order valence-corrected chi connectivity index (χ2v) is 5.42. The zero-order valence-corrected chi connectivity index (χ0v) is 11.0. The second-order valence-electron chi connectivity index (χ2n) is 5.42. The van der Waals surface area contributed by atoms with Gasteiger partial charge in [0.05, 0.1) is 11.6 Å². The molecular formula is C15H19FN2. The van der Waals surface area contributed by atoms with Crippen molar-refractivity contribution in [2.45, 2.75) is 39.3 Å². The summed E-state index contributed by atoms with van der Waals surface area (Å²) in [6.07, 6.45) is 2.46. The van der Waals surface area contributed by atoms with Crippen molar-refractivity contribution in [3.63, 3.8) is 0 Å².